The van der Waals surface area contributed by atoms with E-state index in [0.29, 0.717) is 17.2 Å². The van der Waals surface area contributed by atoms with Gasteiger partial charge in [-0.25, -0.2) is 0 Å². The second-order valence-electron chi connectivity index (χ2n) is 10.3. The predicted octanol–water partition coefficient (Wildman–Crippen LogP) is 7.65. The maximum atomic E-state index is 13.3. The number of benzene rings is 4. The lowest BCUT2D eigenvalue weighted by Crippen LogP contribution is -2.30. The third-order valence-corrected chi connectivity index (χ3v) is 7.67. The summed E-state index contributed by atoms with van der Waals surface area (Å²) in [5.74, 6) is -0.481. The van der Waals surface area contributed by atoms with Gasteiger partial charge in [-0.15, -0.1) is 11.8 Å². The average Bonchev–Trinajstić information content (AvgIpc) is 2.99. The summed E-state index contributed by atoms with van der Waals surface area (Å²) in [6.45, 7) is 8.11. The maximum Gasteiger partial charge on any atom is 0.272 e. The van der Waals surface area contributed by atoms with Crippen LogP contribution in [0, 0.1) is 6.92 Å². The lowest BCUT2D eigenvalue weighted by Gasteiger charge is -2.14. The highest BCUT2D eigenvalue weighted by Gasteiger charge is 2.17. The smallest absolute Gasteiger partial charge is 0.272 e. The highest BCUT2D eigenvalue weighted by atomic mass is 32.2. The Morgan fingerprint density at radius 1 is 0.714 bits per heavy atom. The van der Waals surface area contributed by atoms with E-state index in [1.165, 1.54) is 17.3 Å². The molecule has 0 spiro atoms. The Morgan fingerprint density at radius 3 is 1.93 bits per heavy atom. The number of carbonyl (C=O) groups is 3. The van der Waals surface area contributed by atoms with Gasteiger partial charge in [-0.1, -0.05) is 74.0 Å². The van der Waals surface area contributed by atoms with Crippen LogP contribution in [0.5, 0.6) is 0 Å². The second-order valence-corrected chi connectivity index (χ2v) is 11.7. The normalized spacial score (nSPS) is 12.0. The summed E-state index contributed by atoms with van der Waals surface area (Å²) in [4.78, 5) is 39.8. The van der Waals surface area contributed by atoms with Crippen molar-refractivity contribution < 1.29 is 14.4 Å². The zero-order valence-electron chi connectivity index (χ0n) is 24.2. The molecular formula is C35H35N3O3S. The molecule has 6 nitrogen and oxygen atoms in total. The van der Waals surface area contributed by atoms with Crippen molar-refractivity contribution in [3.63, 3.8) is 0 Å². The van der Waals surface area contributed by atoms with Gasteiger partial charge in [-0.05, 0) is 85.5 Å². The number of nitrogens with one attached hydrogen (secondary N) is 3. The molecule has 0 fully saturated rings. The van der Waals surface area contributed by atoms with Crippen LogP contribution in [0.1, 0.15) is 53.7 Å². The Balaban J connectivity index is 1.40. The van der Waals surface area contributed by atoms with Gasteiger partial charge in [0, 0.05) is 21.8 Å². The molecule has 1 unspecified atom stereocenters. The monoisotopic (exact) mass is 577 g/mol. The van der Waals surface area contributed by atoms with Gasteiger partial charge in [-0.3, -0.25) is 14.4 Å². The third-order valence-electron chi connectivity index (χ3n) is 6.56. The van der Waals surface area contributed by atoms with Crippen molar-refractivity contribution in [2.24, 2.45) is 0 Å². The quantitative estimate of drug-likeness (QED) is 0.133. The molecule has 0 saturated carbocycles. The van der Waals surface area contributed by atoms with Crippen molar-refractivity contribution >= 4 is 46.9 Å². The van der Waals surface area contributed by atoms with E-state index < -0.39 is 5.91 Å². The molecule has 4 rings (SSSR count). The van der Waals surface area contributed by atoms with Gasteiger partial charge in [0.2, 0.25) is 5.91 Å². The summed E-state index contributed by atoms with van der Waals surface area (Å²) in [5.41, 5.74) is 5.01. The van der Waals surface area contributed by atoms with Crippen LogP contribution in [0.2, 0.25) is 0 Å². The van der Waals surface area contributed by atoms with Crippen molar-refractivity contribution in [3.8, 4) is 0 Å². The first-order valence-corrected chi connectivity index (χ1v) is 14.7. The van der Waals surface area contributed by atoms with Crippen LogP contribution in [0.15, 0.2) is 114 Å². The fraction of sp³-hybridized carbons (Fsp3) is 0.171. The molecule has 0 heterocycles. The molecule has 0 aliphatic rings. The number of carbonyl (C=O) groups excluding carboxylic acids is 3. The van der Waals surface area contributed by atoms with Crippen LogP contribution >= 0.6 is 11.8 Å². The average molecular weight is 578 g/mol. The maximum absolute atomic E-state index is 13.3. The number of rotatable bonds is 10. The van der Waals surface area contributed by atoms with E-state index in [0.717, 1.165) is 21.7 Å². The first-order valence-electron chi connectivity index (χ1n) is 13.8. The Labute approximate surface area is 251 Å². The first-order chi connectivity index (χ1) is 20.2. The molecule has 0 aromatic heterocycles. The van der Waals surface area contributed by atoms with Crippen molar-refractivity contribution in [1.82, 2.24) is 5.32 Å². The Hall–Kier alpha value is -4.62. The summed E-state index contributed by atoms with van der Waals surface area (Å²) in [7, 11) is 0. The number of hydrogen-bond donors (Lipinski definition) is 3. The minimum atomic E-state index is -0.448. The second kappa shape index (κ2) is 14.3. The zero-order valence-corrected chi connectivity index (χ0v) is 25.0. The standard InChI is InChI=1S/C35H35N3O3S/c1-23(2)27-14-16-29(17-15-27)36-33(39)25(4)42-31-20-18-30(19-21-31)37-35(41)32(22-26-12-10-24(3)11-13-26)38-34(40)28-8-6-5-7-9-28/h5-23,25H,1-4H3,(H,36,39)(H,37,41)(H,38,40)/b32-22-. The lowest BCUT2D eigenvalue weighted by atomic mass is 10.0. The molecule has 0 aliphatic carbocycles. The third kappa shape index (κ3) is 8.69. The summed E-state index contributed by atoms with van der Waals surface area (Å²) >= 11 is 1.43. The topological polar surface area (TPSA) is 87.3 Å². The minimum Gasteiger partial charge on any atom is -0.325 e. The molecule has 214 valence electrons. The van der Waals surface area contributed by atoms with Crippen LogP contribution in [0.4, 0.5) is 11.4 Å². The van der Waals surface area contributed by atoms with Crippen molar-refractivity contribution in [2.75, 3.05) is 10.6 Å². The first kappa shape index (κ1) is 30.3. The van der Waals surface area contributed by atoms with E-state index >= 15 is 0 Å². The molecule has 4 aromatic rings. The van der Waals surface area contributed by atoms with Crippen LogP contribution in [0.3, 0.4) is 0 Å². The van der Waals surface area contributed by atoms with Gasteiger partial charge < -0.3 is 16.0 Å². The number of hydrogen-bond acceptors (Lipinski definition) is 4. The fourth-order valence-corrected chi connectivity index (χ4v) is 4.91. The molecular weight excluding hydrogens is 542 g/mol. The largest absolute Gasteiger partial charge is 0.325 e. The van der Waals surface area contributed by atoms with Crippen LogP contribution < -0.4 is 16.0 Å². The van der Waals surface area contributed by atoms with E-state index in [1.807, 2.05) is 80.6 Å². The fourth-order valence-electron chi connectivity index (χ4n) is 4.04. The van der Waals surface area contributed by atoms with Crippen LogP contribution in [0.25, 0.3) is 6.08 Å². The van der Waals surface area contributed by atoms with Crippen molar-refractivity contribution in [3.05, 3.63) is 131 Å². The molecule has 7 heteroatoms. The van der Waals surface area contributed by atoms with E-state index in [1.54, 1.807) is 42.5 Å². The van der Waals surface area contributed by atoms with Gasteiger partial charge in [0.15, 0.2) is 0 Å². The van der Waals surface area contributed by atoms with Gasteiger partial charge in [0.25, 0.3) is 11.8 Å². The minimum absolute atomic E-state index is 0.0882. The Kier molecular flexibility index (Phi) is 10.3. The summed E-state index contributed by atoms with van der Waals surface area (Å²) in [5, 5.41) is 8.27. The number of aryl methyl sites for hydroxylation is 1. The van der Waals surface area contributed by atoms with E-state index in [9.17, 15) is 14.4 Å². The van der Waals surface area contributed by atoms with Gasteiger partial charge in [0.1, 0.15) is 5.70 Å². The molecule has 0 saturated heterocycles. The Bertz CT molecular complexity index is 1550. The predicted molar refractivity (Wildman–Crippen MR) is 173 cm³/mol. The molecule has 0 bridgehead atoms. The SMILES string of the molecule is Cc1ccc(/C=C(\NC(=O)c2ccccc2)C(=O)Nc2ccc(SC(C)C(=O)Nc3ccc(C(C)C)cc3)cc2)cc1. The van der Waals surface area contributed by atoms with Gasteiger partial charge >= 0.3 is 0 Å². The molecule has 0 radical (unpaired) electrons. The van der Waals surface area contributed by atoms with Gasteiger partial charge in [0.05, 0.1) is 5.25 Å². The van der Waals surface area contributed by atoms with Crippen molar-refractivity contribution in [2.45, 2.75) is 43.8 Å². The number of anilines is 2. The molecule has 3 amide bonds. The Morgan fingerprint density at radius 2 is 1.31 bits per heavy atom. The van der Waals surface area contributed by atoms with Gasteiger partial charge in [-0.2, -0.15) is 0 Å². The lowest BCUT2D eigenvalue weighted by molar-refractivity contribution is -0.115. The van der Waals surface area contributed by atoms with E-state index in [-0.39, 0.29) is 22.8 Å². The molecule has 3 N–H and O–H groups in total. The number of thioether (sulfide) groups is 1. The summed E-state index contributed by atoms with van der Waals surface area (Å²) in [6, 6.07) is 31.6. The van der Waals surface area contributed by atoms with E-state index in [4.69, 9.17) is 0 Å². The zero-order chi connectivity index (χ0) is 30.1. The van der Waals surface area contributed by atoms with Crippen LogP contribution in [-0.2, 0) is 9.59 Å². The summed E-state index contributed by atoms with van der Waals surface area (Å²) in [6.07, 6.45) is 1.65. The molecule has 0 aliphatic heterocycles. The van der Waals surface area contributed by atoms with Crippen LogP contribution in [-0.4, -0.2) is 23.0 Å². The van der Waals surface area contributed by atoms with E-state index in [2.05, 4.69) is 29.8 Å². The summed E-state index contributed by atoms with van der Waals surface area (Å²) < 4.78 is 0. The molecule has 42 heavy (non-hydrogen) atoms. The molecule has 1 atom stereocenters. The number of amides is 3. The molecule has 4 aromatic carbocycles. The van der Waals surface area contributed by atoms with Crippen molar-refractivity contribution in [1.29, 1.82) is 0 Å². The highest BCUT2D eigenvalue weighted by Crippen LogP contribution is 2.26. The highest BCUT2D eigenvalue weighted by molar-refractivity contribution is 8.00.